The third-order valence-electron chi connectivity index (χ3n) is 2.03. The highest BCUT2D eigenvalue weighted by Crippen LogP contribution is 2.40. The van der Waals surface area contributed by atoms with Gasteiger partial charge in [0.2, 0.25) is 0 Å². The second-order valence-corrected chi connectivity index (χ2v) is 9.00. The molecule has 6 heteroatoms. The van der Waals surface area contributed by atoms with Gasteiger partial charge in [-0.2, -0.15) is 0 Å². The van der Waals surface area contributed by atoms with Gasteiger partial charge in [-0.25, -0.2) is 0 Å². The number of hydrogen-bond donors (Lipinski definition) is 1. The lowest BCUT2D eigenvalue weighted by Gasteiger charge is -2.05. The highest BCUT2D eigenvalue weighted by atomic mass is 32.2. The van der Waals surface area contributed by atoms with Crippen LogP contribution in [-0.2, 0) is 4.79 Å². The lowest BCUT2D eigenvalue weighted by molar-refractivity contribution is -0.136. The van der Waals surface area contributed by atoms with Gasteiger partial charge in [-0.15, -0.1) is 34.4 Å². The van der Waals surface area contributed by atoms with Crippen molar-refractivity contribution in [2.75, 3.05) is 0 Å². The molecule has 0 aliphatic carbocycles. The Kier molecular flexibility index (Phi) is 5.17. The van der Waals surface area contributed by atoms with Crippen LogP contribution in [-0.4, -0.2) is 16.3 Å². The Morgan fingerprint density at radius 1 is 1.33 bits per heavy atom. The number of carboxylic acids is 1. The molecule has 2 nitrogen and oxygen atoms in total. The predicted molar refractivity (Wildman–Crippen MR) is 80.3 cm³/mol. The van der Waals surface area contributed by atoms with E-state index < -0.39 is 5.97 Å². The van der Waals surface area contributed by atoms with Crippen LogP contribution in [0.25, 0.3) is 0 Å². The zero-order valence-electron chi connectivity index (χ0n) is 9.66. The van der Waals surface area contributed by atoms with E-state index in [1.54, 1.807) is 46.2 Å². The Labute approximate surface area is 122 Å². The summed E-state index contributed by atoms with van der Waals surface area (Å²) in [4.78, 5) is 10.6. The molecule has 0 amide bonds. The molecule has 0 saturated carbocycles. The summed E-state index contributed by atoms with van der Waals surface area (Å²) in [5, 5.41) is 10.9. The second-order valence-electron chi connectivity index (χ2n) is 3.63. The summed E-state index contributed by atoms with van der Waals surface area (Å²) >= 11 is 6.86. The summed E-state index contributed by atoms with van der Waals surface area (Å²) in [6, 6.07) is 8.33. The summed E-state index contributed by atoms with van der Waals surface area (Å²) in [7, 11) is 0. The lowest BCUT2D eigenvalue weighted by atomic mass is 10.3. The summed E-state index contributed by atoms with van der Waals surface area (Å²) in [5.41, 5.74) is 0. The summed E-state index contributed by atoms with van der Waals surface area (Å²) in [6.07, 6.45) is 0.204. The largest absolute Gasteiger partial charge is 0.481 e. The van der Waals surface area contributed by atoms with E-state index in [0.29, 0.717) is 0 Å². The molecule has 0 unspecified atom stereocenters. The summed E-state index contributed by atoms with van der Waals surface area (Å²) < 4.78 is 3.72. The fourth-order valence-electron chi connectivity index (χ4n) is 1.33. The van der Waals surface area contributed by atoms with Crippen LogP contribution in [0.1, 0.15) is 13.3 Å². The molecule has 18 heavy (non-hydrogen) atoms. The van der Waals surface area contributed by atoms with E-state index in [0.717, 1.165) is 0 Å². The molecule has 0 spiro atoms. The molecule has 0 aliphatic rings. The van der Waals surface area contributed by atoms with E-state index in [1.165, 1.54) is 12.6 Å². The Balaban J connectivity index is 1.91. The van der Waals surface area contributed by atoms with Gasteiger partial charge in [0.15, 0.2) is 0 Å². The van der Waals surface area contributed by atoms with Crippen LogP contribution in [0.4, 0.5) is 0 Å². The third-order valence-corrected chi connectivity index (χ3v) is 6.56. The van der Waals surface area contributed by atoms with Gasteiger partial charge in [0.05, 0.1) is 19.0 Å². The Morgan fingerprint density at radius 3 is 2.78 bits per heavy atom. The molecule has 0 bridgehead atoms. The normalized spacial score (nSPS) is 12.5. The number of thiophene rings is 2. The first-order valence-electron chi connectivity index (χ1n) is 5.33. The number of carboxylic acid groups (broad SMARTS) is 1. The zero-order valence-corrected chi connectivity index (χ0v) is 12.9. The van der Waals surface area contributed by atoms with Crippen molar-refractivity contribution in [1.29, 1.82) is 0 Å². The predicted octanol–water partition coefficient (Wildman–Crippen LogP) is 4.92. The molecule has 0 fully saturated rings. The van der Waals surface area contributed by atoms with Gasteiger partial charge < -0.3 is 5.11 Å². The molecule has 2 aromatic rings. The molecule has 1 atom stereocenters. The van der Waals surface area contributed by atoms with Gasteiger partial charge in [0.25, 0.3) is 0 Å². The van der Waals surface area contributed by atoms with Crippen molar-refractivity contribution >= 4 is 52.2 Å². The molecule has 96 valence electrons. The van der Waals surface area contributed by atoms with E-state index in [9.17, 15) is 4.79 Å². The van der Waals surface area contributed by atoms with Crippen LogP contribution in [0.3, 0.4) is 0 Å². The Hall–Kier alpha value is -0.430. The van der Waals surface area contributed by atoms with Crippen LogP contribution in [0, 0.1) is 0 Å². The number of aliphatic carboxylic acids is 1. The maximum atomic E-state index is 10.6. The first-order valence-corrected chi connectivity index (χ1v) is 8.72. The lowest BCUT2D eigenvalue weighted by Crippen LogP contribution is -2.04. The van der Waals surface area contributed by atoms with Gasteiger partial charge in [0.1, 0.15) is 0 Å². The average molecular weight is 316 g/mol. The Morgan fingerprint density at radius 2 is 2.11 bits per heavy atom. The SMILES string of the molecule is C[C@@H](CC(=O)O)Sc1ccc(Sc2cccs2)s1. The van der Waals surface area contributed by atoms with Crippen molar-refractivity contribution in [3.63, 3.8) is 0 Å². The molecule has 2 aromatic heterocycles. The van der Waals surface area contributed by atoms with Crippen molar-refractivity contribution in [2.24, 2.45) is 0 Å². The highest BCUT2D eigenvalue weighted by Gasteiger charge is 2.11. The van der Waals surface area contributed by atoms with Crippen LogP contribution in [0.15, 0.2) is 42.3 Å². The smallest absolute Gasteiger partial charge is 0.304 e. The van der Waals surface area contributed by atoms with Crippen molar-refractivity contribution in [3.8, 4) is 0 Å². The van der Waals surface area contributed by atoms with Crippen molar-refractivity contribution in [2.45, 2.75) is 31.2 Å². The topological polar surface area (TPSA) is 37.3 Å². The maximum Gasteiger partial charge on any atom is 0.304 e. The van der Waals surface area contributed by atoms with Crippen LogP contribution >= 0.6 is 46.2 Å². The molecule has 1 N–H and O–H groups in total. The van der Waals surface area contributed by atoms with Crippen LogP contribution in [0.5, 0.6) is 0 Å². The fourth-order valence-corrected chi connectivity index (χ4v) is 6.10. The molecule has 2 heterocycles. The highest BCUT2D eigenvalue weighted by molar-refractivity contribution is 8.04. The van der Waals surface area contributed by atoms with Crippen LogP contribution in [0.2, 0.25) is 0 Å². The quantitative estimate of drug-likeness (QED) is 0.768. The fraction of sp³-hybridized carbons (Fsp3) is 0.250. The van der Waals surface area contributed by atoms with Crippen LogP contribution < -0.4 is 0 Å². The molecule has 0 saturated heterocycles. The van der Waals surface area contributed by atoms with Crippen molar-refractivity contribution in [1.82, 2.24) is 0 Å². The second kappa shape index (κ2) is 6.65. The number of carbonyl (C=O) groups is 1. The first kappa shape index (κ1) is 14.0. The van der Waals surface area contributed by atoms with E-state index in [1.807, 2.05) is 13.0 Å². The minimum Gasteiger partial charge on any atom is -0.481 e. The van der Waals surface area contributed by atoms with Crippen molar-refractivity contribution in [3.05, 3.63) is 29.6 Å². The zero-order chi connectivity index (χ0) is 13.0. The number of hydrogen-bond acceptors (Lipinski definition) is 5. The molecule has 0 radical (unpaired) electrons. The van der Waals surface area contributed by atoms with Gasteiger partial charge in [-0.3, -0.25) is 4.79 Å². The van der Waals surface area contributed by atoms with E-state index in [-0.39, 0.29) is 11.7 Å². The minimum absolute atomic E-state index is 0.112. The van der Waals surface area contributed by atoms with E-state index in [4.69, 9.17) is 5.11 Å². The molecule has 2 rings (SSSR count). The van der Waals surface area contributed by atoms with E-state index >= 15 is 0 Å². The summed E-state index contributed by atoms with van der Waals surface area (Å²) in [5.74, 6) is -0.736. The molecule has 0 aromatic carbocycles. The first-order chi connectivity index (χ1) is 8.63. The van der Waals surface area contributed by atoms with Gasteiger partial charge in [0, 0.05) is 5.25 Å². The average Bonchev–Trinajstić information content (AvgIpc) is 2.89. The van der Waals surface area contributed by atoms with Gasteiger partial charge in [-0.1, -0.05) is 24.8 Å². The van der Waals surface area contributed by atoms with Gasteiger partial charge in [-0.05, 0) is 23.6 Å². The van der Waals surface area contributed by atoms with E-state index in [2.05, 4.69) is 23.6 Å². The summed E-state index contributed by atoms with van der Waals surface area (Å²) in [6.45, 7) is 1.95. The maximum absolute atomic E-state index is 10.6. The number of thioether (sulfide) groups is 1. The molecular formula is C12H12O2S4. The van der Waals surface area contributed by atoms with Gasteiger partial charge >= 0.3 is 5.97 Å². The molecule has 0 aliphatic heterocycles. The monoisotopic (exact) mass is 316 g/mol. The standard InChI is InChI=1S/C12H12O2S4/c1-8(7-9(13)14)16-11-4-5-12(18-11)17-10-3-2-6-15-10/h2-6,8H,7H2,1H3,(H,13,14)/t8-/m0/s1. The van der Waals surface area contributed by atoms with Crippen molar-refractivity contribution < 1.29 is 9.90 Å². The Bertz CT molecular complexity index is 504. The minimum atomic E-state index is -0.736. The molecular weight excluding hydrogens is 304 g/mol. The number of rotatable bonds is 6. The third kappa shape index (κ3) is 4.35.